The second-order valence-corrected chi connectivity index (χ2v) is 5.93. The average Bonchev–Trinajstić information content (AvgIpc) is 1.84. The van der Waals surface area contributed by atoms with E-state index in [0.29, 0.717) is 0 Å². The maximum absolute atomic E-state index is 11.3. The van der Waals surface area contributed by atoms with Crippen LogP contribution in [0.2, 0.25) is 0 Å². The van der Waals surface area contributed by atoms with E-state index in [2.05, 4.69) is 0 Å². The van der Waals surface area contributed by atoms with Crippen LogP contribution in [0.5, 0.6) is 0 Å². The van der Waals surface area contributed by atoms with Crippen LogP contribution in [0.25, 0.3) is 0 Å². The lowest BCUT2D eigenvalue weighted by atomic mass is 10.1. The molecule has 1 heterocycles. The van der Waals surface area contributed by atoms with Gasteiger partial charge in [0.25, 0.3) is 0 Å². The Labute approximate surface area is 62.5 Å². The molecule has 1 rings (SSSR count). The number of rotatable bonds is 0. The molecular formula is C7H14O2S. The van der Waals surface area contributed by atoms with E-state index in [-0.39, 0.29) is 10.5 Å². The SMILES string of the molecule is CC1CCC[C@H](C)S1(=O)=O. The molecule has 0 bridgehead atoms. The minimum Gasteiger partial charge on any atom is -0.228 e. The molecule has 2 nitrogen and oxygen atoms in total. The maximum Gasteiger partial charge on any atom is 0.155 e. The average molecular weight is 162 g/mol. The Morgan fingerprint density at radius 2 is 1.50 bits per heavy atom. The van der Waals surface area contributed by atoms with Gasteiger partial charge in [0.1, 0.15) is 0 Å². The predicted molar refractivity (Wildman–Crippen MR) is 41.7 cm³/mol. The fourth-order valence-corrected chi connectivity index (χ4v) is 3.20. The third-order valence-corrected chi connectivity index (χ3v) is 5.06. The van der Waals surface area contributed by atoms with Crippen LogP contribution in [-0.2, 0) is 9.84 Å². The first-order valence-electron chi connectivity index (χ1n) is 3.78. The van der Waals surface area contributed by atoms with Gasteiger partial charge in [-0.25, -0.2) is 8.42 Å². The second kappa shape index (κ2) is 2.53. The van der Waals surface area contributed by atoms with Gasteiger partial charge in [0, 0.05) is 0 Å². The second-order valence-electron chi connectivity index (χ2n) is 3.14. The van der Waals surface area contributed by atoms with Crippen molar-refractivity contribution in [1.82, 2.24) is 0 Å². The lowest BCUT2D eigenvalue weighted by Crippen LogP contribution is -2.32. The van der Waals surface area contributed by atoms with Crippen molar-refractivity contribution >= 4 is 9.84 Å². The Balaban J connectivity index is 2.84. The molecule has 60 valence electrons. The molecule has 0 amide bonds. The zero-order valence-corrected chi connectivity index (χ0v) is 7.32. The van der Waals surface area contributed by atoms with Gasteiger partial charge in [0.15, 0.2) is 9.84 Å². The standard InChI is InChI=1S/C7H14O2S/c1-6-4-3-5-7(2)10(6,8)9/h6-7H,3-5H2,1-2H3/t6-,7?/m0/s1. The number of hydrogen-bond acceptors (Lipinski definition) is 2. The van der Waals surface area contributed by atoms with Gasteiger partial charge in [-0.1, -0.05) is 6.42 Å². The predicted octanol–water partition coefficient (Wildman–Crippen LogP) is 1.36. The van der Waals surface area contributed by atoms with E-state index in [1.54, 1.807) is 0 Å². The zero-order chi connectivity index (χ0) is 7.78. The van der Waals surface area contributed by atoms with Crippen LogP contribution in [0.15, 0.2) is 0 Å². The van der Waals surface area contributed by atoms with Gasteiger partial charge >= 0.3 is 0 Å². The van der Waals surface area contributed by atoms with Gasteiger partial charge in [-0.2, -0.15) is 0 Å². The highest BCUT2D eigenvalue weighted by Gasteiger charge is 2.31. The van der Waals surface area contributed by atoms with Crippen molar-refractivity contribution in [3.05, 3.63) is 0 Å². The van der Waals surface area contributed by atoms with Crippen molar-refractivity contribution in [2.75, 3.05) is 0 Å². The number of hydrogen-bond donors (Lipinski definition) is 0. The fourth-order valence-electron chi connectivity index (χ4n) is 1.42. The molecule has 1 unspecified atom stereocenters. The van der Waals surface area contributed by atoms with Crippen LogP contribution in [0, 0.1) is 0 Å². The molecule has 0 saturated carbocycles. The summed E-state index contributed by atoms with van der Waals surface area (Å²) in [6.07, 6.45) is 2.78. The van der Waals surface area contributed by atoms with Crippen molar-refractivity contribution in [3.8, 4) is 0 Å². The third kappa shape index (κ3) is 1.19. The molecule has 1 saturated heterocycles. The Morgan fingerprint density at radius 3 is 1.80 bits per heavy atom. The first kappa shape index (κ1) is 8.05. The smallest absolute Gasteiger partial charge is 0.155 e. The highest BCUT2D eigenvalue weighted by atomic mass is 32.2. The lowest BCUT2D eigenvalue weighted by molar-refractivity contribution is 0.522. The van der Waals surface area contributed by atoms with Crippen LogP contribution in [0.1, 0.15) is 33.1 Å². The Hall–Kier alpha value is -0.0500. The summed E-state index contributed by atoms with van der Waals surface area (Å²) in [6, 6.07) is 0. The van der Waals surface area contributed by atoms with E-state index >= 15 is 0 Å². The highest BCUT2D eigenvalue weighted by molar-refractivity contribution is 7.92. The molecule has 0 aromatic carbocycles. The zero-order valence-electron chi connectivity index (χ0n) is 6.50. The summed E-state index contributed by atoms with van der Waals surface area (Å²) < 4.78 is 22.6. The van der Waals surface area contributed by atoms with Crippen LogP contribution in [0.3, 0.4) is 0 Å². The van der Waals surface area contributed by atoms with Crippen LogP contribution in [0.4, 0.5) is 0 Å². The summed E-state index contributed by atoms with van der Waals surface area (Å²) in [5, 5.41) is -0.201. The summed E-state index contributed by atoms with van der Waals surface area (Å²) in [5.74, 6) is 0. The molecular weight excluding hydrogens is 148 g/mol. The molecule has 0 spiro atoms. The monoisotopic (exact) mass is 162 g/mol. The molecule has 0 aromatic rings. The largest absolute Gasteiger partial charge is 0.228 e. The minimum atomic E-state index is -2.74. The fraction of sp³-hybridized carbons (Fsp3) is 1.00. The topological polar surface area (TPSA) is 34.1 Å². The van der Waals surface area contributed by atoms with E-state index in [0.717, 1.165) is 19.3 Å². The molecule has 0 aliphatic carbocycles. The van der Waals surface area contributed by atoms with Gasteiger partial charge < -0.3 is 0 Å². The van der Waals surface area contributed by atoms with Crippen LogP contribution in [-0.4, -0.2) is 18.9 Å². The number of sulfone groups is 1. The first-order chi connectivity index (χ1) is 4.55. The Morgan fingerprint density at radius 1 is 1.10 bits per heavy atom. The molecule has 0 N–H and O–H groups in total. The quantitative estimate of drug-likeness (QED) is 0.539. The summed E-state index contributed by atoms with van der Waals surface area (Å²) in [5.41, 5.74) is 0. The molecule has 1 fully saturated rings. The van der Waals surface area contributed by atoms with Gasteiger partial charge in [0.2, 0.25) is 0 Å². The van der Waals surface area contributed by atoms with Gasteiger partial charge in [-0.15, -0.1) is 0 Å². The van der Waals surface area contributed by atoms with Crippen LogP contribution < -0.4 is 0 Å². The molecule has 2 atom stereocenters. The lowest BCUT2D eigenvalue weighted by Gasteiger charge is -2.23. The van der Waals surface area contributed by atoms with Crippen molar-refractivity contribution < 1.29 is 8.42 Å². The molecule has 1 aliphatic rings. The van der Waals surface area contributed by atoms with E-state index in [9.17, 15) is 8.42 Å². The van der Waals surface area contributed by atoms with E-state index < -0.39 is 9.84 Å². The Kier molecular flexibility index (Phi) is 2.04. The molecule has 0 aromatic heterocycles. The van der Waals surface area contributed by atoms with Crippen molar-refractivity contribution in [1.29, 1.82) is 0 Å². The van der Waals surface area contributed by atoms with Gasteiger partial charge in [0.05, 0.1) is 10.5 Å². The summed E-state index contributed by atoms with van der Waals surface area (Å²) in [4.78, 5) is 0. The molecule has 0 radical (unpaired) electrons. The summed E-state index contributed by atoms with van der Waals surface area (Å²) in [6.45, 7) is 3.62. The van der Waals surface area contributed by atoms with E-state index in [4.69, 9.17) is 0 Å². The third-order valence-electron chi connectivity index (χ3n) is 2.34. The van der Waals surface area contributed by atoms with E-state index in [1.165, 1.54) is 0 Å². The minimum absolute atomic E-state index is 0.101. The Bertz CT molecular complexity index is 190. The molecule has 3 heteroatoms. The van der Waals surface area contributed by atoms with Crippen molar-refractivity contribution in [2.45, 2.75) is 43.6 Å². The summed E-state index contributed by atoms with van der Waals surface area (Å²) >= 11 is 0. The normalized spacial score (nSPS) is 39.4. The van der Waals surface area contributed by atoms with E-state index in [1.807, 2.05) is 13.8 Å². The van der Waals surface area contributed by atoms with Gasteiger partial charge in [-0.3, -0.25) is 0 Å². The van der Waals surface area contributed by atoms with Crippen LogP contribution >= 0.6 is 0 Å². The maximum atomic E-state index is 11.3. The molecule has 10 heavy (non-hydrogen) atoms. The summed E-state index contributed by atoms with van der Waals surface area (Å²) in [7, 11) is -2.74. The van der Waals surface area contributed by atoms with Crippen molar-refractivity contribution in [3.63, 3.8) is 0 Å². The van der Waals surface area contributed by atoms with Crippen molar-refractivity contribution in [2.24, 2.45) is 0 Å². The highest BCUT2D eigenvalue weighted by Crippen LogP contribution is 2.24. The molecule has 1 aliphatic heterocycles. The van der Waals surface area contributed by atoms with Gasteiger partial charge in [-0.05, 0) is 26.7 Å². The first-order valence-corrected chi connectivity index (χ1v) is 5.39.